The number of ketones is 1. The molecule has 0 aliphatic carbocycles. The molecule has 3 rings (SSSR count). The summed E-state index contributed by atoms with van der Waals surface area (Å²) in [5.74, 6) is 0.472. The highest BCUT2D eigenvalue weighted by atomic mass is 16.2. The molecule has 33 heavy (non-hydrogen) atoms. The smallest absolute Gasteiger partial charge is 0.251 e. The van der Waals surface area contributed by atoms with Crippen LogP contribution < -0.4 is 5.32 Å². The lowest BCUT2D eigenvalue weighted by Gasteiger charge is -2.41. The third kappa shape index (κ3) is 6.10. The van der Waals surface area contributed by atoms with Crippen molar-refractivity contribution >= 4 is 17.6 Å². The largest absolute Gasteiger partial charge is 0.343 e. The highest BCUT2D eigenvalue weighted by Crippen LogP contribution is 2.37. The molecule has 0 radical (unpaired) electrons. The van der Waals surface area contributed by atoms with Crippen molar-refractivity contribution in [1.82, 2.24) is 10.2 Å². The third-order valence-corrected chi connectivity index (χ3v) is 6.57. The van der Waals surface area contributed by atoms with Crippen LogP contribution in [0, 0.1) is 5.92 Å². The minimum absolute atomic E-state index is 0.0339. The summed E-state index contributed by atoms with van der Waals surface area (Å²) in [5.41, 5.74) is 2.28. The molecule has 0 saturated carbocycles. The van der Waals surface area contributed by atoms with E-state index < -0.39 is 5.41 Å². The number of piperidine rings is 1. The quantitative estimate of drug-likeness (QED) is 0.612. The van der Waals surface area contributed by atoms with E-state index in [-0.39, 0.29) is 24.1 Å². The zero-order valence-corrected chi connectivity index (χ0v) is 20.1. The predicted octanol–water partition coefficient (Wildman–Crippen LogP) is 4.54. The first-order chi connectivity index (χ1) is 15.9. The lowest BCUT2D eigenvalue weighted by Crippen LogP contribution is -2.51. The number of rotatable bonds is 9. The average Bonchev–Trinajstić information content (AvgIpc) is 2.83. The van der Waals surface area contributed by atoms with Gasteiger partial charge in [0.15, 0.2) is 0 Å². The van der Waals surface area contributed by atoms with Gasteiger partial charge in [0.1, 0.15) is 5.78 Å². The van der Waals surface area contributed by atoms with Crippen LogP contribution in [0.15, 0.2) is 54.6 Å². The number of likely N-dealkylation sites (tertiary alicyclic amines) is 1. The van der Waals surface area contributed by atoms with E-state index in [1.165, 1.54) is 5.56 Å². The lowest BCUT2D eigenvalue weighted by molar-refractivity contribution is -0.135. The van der Waals surface area contributed by atoms with Crippen LogP contribution in [0.1, 0.15) is 67.9 Å². The number of amides is 2. The van der Waals surface area contributed by atoms with Crippen molar-refractivity contribution in [3.05, 3.63) is 71.3 Å². The van der Waals surface area contributed by atoms with Crippen molar-refractivity contribution in [2.45, 2.75) is 58.3 Å². The van der Waals surface area contributed by atoms with E-state index in [0.29, 0.717) is 43.8 Å². The summed E-state index contributed by atoms with van der Waals surface area (Å²) in [5, 5.41) is 2.75. The number of nitrogens with zero attached hydrogens (tertiary/aromatic N) is 1. The Labute approximate surface area is 197 Å². The molecular weight excluding hydrogens is 412 g/mol. The van der Waals surface area contributed by atoms with Crippen molar-refractivity contribution in [1.29, 1.82) is 0 Å². The summed E-state index contributed by atoms with van der Waals surface area (Å²) >= 11 is 0. The Hall–Kier alpha value is -2.95. The standard InChI is InChI=1S/C28H36N2O3/c1-4-8-25(31)28(24-9-6-5-7-10-24)15-17-30(18-16-28)26(32)20-29-27(33)23-13-11-22(12-14-23)19-21(2)3/h5-7,9-14,21H,4,8,15-20H2,1-3H3,(H,29,33). The van der Waals surface area contributed by atoms with Crippen molar-refractivity contribution in [3.8, 4) is 0 Å². The van der Waals surface area contributed by atoms with Gasteiger partial charge in [-0.2, -0.15) is 0 Å². The van der Waals surface area contributed by atoms with E-state index in [9.17, 15) is 14.4 Å². The number of hydrogen-bond acceptors (Lipinski definition) is 3. The maximum atomic E-state index is 13.1. The maximum absolute atomic E-state index is 13.1. The predicted molar refractivity (Wildman–Crippen MR) is 131 cm³/mol. The van der Waals surface area contributed by atoms with E-state index in [2.05, 4.69) is 19.2 Å². The fourth-order valence-electron chi connectivity index (χ4n) is 4.72. The molecule has 5 heteroatoms. The number of benzene rings is 2. The van der Waals surface area contributed by atoms with Gasteiger partial charge in [0.25, 0.3) is 5.91 Å². The van der Waals surface area contributed by atoms with Gasteiger partial charge in [-0.25, -0.2) is 0 Å². The van der Waals surface area contributed by atoms with Gasteiger partial charge >= 0.3 is 0 Å². The molecule has 2 amide bonds. The summed E-state index contributed by atoms with van der Waals surface area (Å²) in [4.78, 5) is 40.1. The number of carbonyl (C=O) groups is 3. The Morgan fingerprint density at radius 2 is 1.61 bits per heavy atom. The van der Waals surface area contributed by atoms with E-state index in [4.69, 9.17) is 0 Å². The van der Waals surface area contributed by atoms with Crippen LogP contribution in [-0.2, 0) is 21.4 Å². The highest BCUT2D eigenvalue weighted by Gasteiger charge is 2.42. The van der Waals surface area contributed by atoms with Crippen LogP contribution in [0.2, 0.25) is 0 Å². The molecule has 0 unspecified atom stereocenters. The molecule has 1 aliphatic rings. The molecule has 1 saturated heterocycles. The van der Waals surface area contributed by atoms with Gasteiger partial charge in [0.05, 0.1) is 12.0 Å². The van der Waals surface area contributed by atoms with E-state index >= 15 is 0 Å². The van der Waals surface area contributed by atoms with Crippen molar-refractivity contribution < 1.29 is 14.4 Å². The highest BCUT2D eigenvalue weighted by molar-refractivity contribution is 5.96. The minimum atomic E-state index is -0.519. The first-order valence-electron chi connectivity index (χ1n) is 12.1. The SMILES string of the molecule is CCCC(=O)C1(c2ccccc2)CCN(C(=O)CNC(=O)c2ccc(CC(C)C)cc2)CC1. The van der Waals surface area contributed by atoms with Crippen LogP contribution in [0.25, 0.3) is 0 Å². The van der Waals surface area contributed by atoms with E-state index in [1.54, 1.807) is 4.90 Å². The fraction of sp³-hybridized carbons (Fsp3) is 0.464. The molecular formula is C28H36N2O3. The number of hydrogen-bond donors (Lipinski definition) is 1. The van der Waals surface area contributed by atoms with Gasteiger partial charge in [-0.15, -0.1) is 0 Å². The molecule has 5 nitrogen and oxygen atoms in total. The minimum Gasteiger partial charge on any atom is -0.343 e. The first-order valence-corrected chi connectivity index (χ1v) is 12.1. The Balaban J connectivity index is 1.57. The second-order valence-corrected chi connectivity index (χ2v) is 9.48. The van der Waals surface area contributed by atoms with E-state index in [1.807, 2.05) is 61.5 Å². The zero-order valence-electron chi connectivity index (χ0n) is 20.1. The average molecular weight is 449 g/mol. The molecule has 2 aromatic rings. The summed E-state index contributed by atoms with van der Waals surface area (Å²) in [7, 11) is 0. The lowest BCUT2D eigenvalue weighted by atomic mass is 9.68. The molecule has 1 N–H and O–H groups in total. The fourth-order valence-corrected chi connectivity index (χ4v) is 4.72. The molecule has 0 aromatic heterocycles. The van der Waals surface area contributed by atoms with Crippen molar-refractivity contribution in [2.75, 3.05) is 19.6 Å². The van der Waals surface area contributed by atoms with Gasteiger partial charge in [0.2, 0.25) is 5.91 Å². The Morgan fingerprint density at radius 3 is 2.18 bits per heavy atom. The van der Waals surface area contributed by atoms with Gasteiger partial charge < -0.3 is 10.2 Å². The molecule has 0 bridgehead atoms. The molecule has 1 heterocycles. The maximum Gasteiger partial charge on any atom is 0.251 e. The zero-order chi connectivity index (χ0) is 23.8. The Morgan fingerprint density at radius 1 is 0.970 bits per heavy atom. The topological polar surface area (TPSA) is 66.5 Å². The van der Waals surface area contributed by atoms with Crippen LogP contribution in [0.3, 0.4) is 0 Å². The molecule has 1 aliphatic heterocycles. The summed E-state index contributed by atoms with van der Waals surface area (Å²) in [6, 6.07) is 17.5. The first kappa shape index (κ1) is 24.7. The molecule has 0 atom stereocenters. The number of Topliss-reactive ketones (excluding diaryl/α,β-unsaturated/α-hetero) is 1. The molecule has 176 valence electrons. The molecule has 1 fully saturated rings. The van der Waals surface area contributed by atoms with Crippen LogP contribution in [-0.4, -0.2) is 42.1 Å². The Bertz CT molecular complexity index is 943. The second-order valence-electron chi connectivity index (χ2n) is 9.48. The normalized spacial score (nSPS) is 15.3. The third-order valence-electron chi connectivity index (χ3n) is 6.57. The number of nitrogens with one attached hydrogen (secondary N) is 1. The summed E-state index contributed by atoms with van der Waals surface area (Å²) < 4.78 is 0. The molecule has 2 aromatic carbocycles. The second kappa shape index (κ2) is 11.3. The van der Waals surface area contributed by atoms with Crippen molar-refractivity contribution in [2.24, 2.45) is 5.92 Å². The van der Waals surface area contributed by atoms with Crippen LogP contribution >= 0.6 is 0 Å². The van der Waals surface area contributed by atoms with E-state index in [0.717, 1.165) is 18.4 Å². The van der Waals surface area contributed by atoms with Gasteiger partial charge in [0, 0.05) is 25.1 Å². The van der Waals surface area contributed by atoms with Gasteiger partial charge in [-0.1, -0.05) is 63.2 Å². The van der Waals surface area contributed by atoms with Gasteiger partial charge in [-0.3, -0.25) is 14.4 Å². The number of carbonyl (C=O) groups excluding carboxylic acids is 3. The van der Waals surface area contributed by atoms with Crippen LogP contribution in [0.4, 0.5) is 0 Å². The summed E-state index contributed by atoms with van der Waals surface area (Å²) in [6.07, 6.45) is 3.58. The summed E-state index contributed by atoms with van der Waals surface area (Å²) in [6.45, 7) is 7.35. The monoisotopic (exact) mass is 448 g/mol. The molecule has 0 spiro atoms. The van der Waals surface area contributed by atoms with Crippen LogP contribution in [0.5, 0.6) is 0 Å². The van der Waals surface area contributed by atoms with Gasteiger partial charge in [-0.05, 0) is 54.9 Å². The van der Waals surface area contributed by atoms with Crippen molar-refractivity contribution in [3.63, 3.8) is 0 Å². The Kier molecular flexibility index (Phi) is 8.43.